The smallest absolute Gasteiger partial charge is 0.0803 e. The Hall–Kier alpha value is -6.16. The van der Waals surface area contributed by atoms with Gasteiger partial charge in [0.05, 0.1) is 27.8 Å². The van der Waals surface area contributed by atoms with Crippen LogP contribution in [0.15, 0.2) is 158 Å². The van der Waals surface area contributed by atoms with Crippen LogP contribution in [0.25, 0.3) is 108 Å². The van der Waals surface area contributed by atoms with Gasteiger partial charge in [0, 0.05) is 52.8 Å². The summed E-state index contributed by atoms with van der Waals surface area (Å²) in [5.41, 5.74) is 12.6. The molecule has 12 rings (SSSR count). The van der Waals surface area contributed by atoms with Crippen molar-refractivity contribution in [3.05, 3.63) is 158 Å². The maximum Gasteiger partial charge on any atom is 0.0803 e. The summed E-state index contributed by atoms with van der Waals surface area (Å²) in [6, 6.07) is 58.3. The van der Waals surface area contributed by atoms with Gasteiger partial charge in [0.25, 0.3) is 0 Å². The quantitative estimate of drug-likeness (QED) is 0.178. The zero-order valence-corrected chi connectivity index (χ0v) is 27.1. The van der Waals surface area contributed by atoms with Gasteiger partial charge in [-0.1, -0.05) is 121 Å². The Bertz CT molecular complexity index is 3180. The highest BCUT2D eigenvalue weighted by Crippen LogP contribution is 2.53. The highest BCUT2D eigenvalue weighted by Gasteiger charge is 2.28. The molecular weight excluding hydrogens is 613 g/mol. The molecule has 0 saturated heterocycles. The van der Waals surface area contributed by atoms with E-state index in [4.69, 9.17) is 0 Å². The molecule has 1 aliphatic rings. The summed E-state index contributed by atoms with van der Waals surface area (Å²) in [6.07, 6.45) is 0. The summed E-state index contributed by atoms with van der Waals surface area (Å²) in [5, 5.41) is 10.5. The van der Waals surface area contributed by atoms with E-state index in [9.17, 15) is 0 Å². The van der Waals surface area contributed by atoms with Gasteiger partial charge in [-0.25, -0.2) is 0 Å². The Morgan fingerprint density at radius 3 is 1.71 bits per heavy atom. The number of fused-ring (bicyclic) bond motifs is 15. The van der Waals surface area contributed by atoms with Gasteiger partial charge >= 0.3 is 0 Å². The van der Waals surface area contributed by atoms with Crippen molar-refractivity contribution in [3.63, 3.8) is 0 Å². The molecule has 0 spiro atoms. The molecule has 11 aromatic rings. The number of hydrogen-bond acceptors (Lipinski definition) is 1. The van der Waals surface area contributed by atoms with E-state index in [2.05, 4.69) is 167 Å². The number of para-hydroxylation sites is 3. The van der Waals surface area contributed by atoms with Crippen LogP contribution >= 0.6 is 11.3 Å². The molecule has 8 aromatic carbocycles. The highest BCUT2D eigenvalue weighted by atomic mass is 32.1. The van der Waals surface area contributed by atoms with Crippen molar-refractivity contribution < 1.29 is 0 Å². The fraction of sp³-hybridized carbons (Fsp3) is 0. The Balaban J connectivity index is 1.39. The molecule has 226 valence electrons. The van der Waals surface area contributed by atoms with Crippen molar-refractivity contribution in [2.75, 3.05) is 0 Å². The lowest BCUT2D eigenvalue weighted by Crippen LogP contribution is -1.99. The molecule has 0 bridgehead atoms. The average molecular weight is 639 g/mol. The SMILES string of the molecule is c1ccc(-n2c3ccccc3c3c4sc5ccccc5c4c4c5ccccc5n(-c5ccc6c7c(cccc57)-c5ccccc5-6)c4c32)cc1. The first-order valence-corrected chi connectivity index (χ1v) is 17.7. The molecule has 0 unspecified atom stereocenters. The molecule has 3 heteroatoms. The molecule has 0 saturated carbocycles. The molecule has 0 fully saturated rings. The topological polar surface area (TPSA) is 9.86 Å². The predicted molar refractivity (Wildman–Crippen MR) is 210 cm³/mol. The summed E-state index contributed by atoms with van der Waals surface area (Å²) in [4.78, 5) is 0. The lowest BCUT2D eigenvalue weighted by Gasteiger charge is -2.16. The summed E-state index contributed by atoms with van der Waals surface area (Å²) in [5.74, 6) is 0. The van der Waals surface area contributed by atoms with E-state index in [1.165, 1.54) is 108 Å². The van der Waals surface area contributed by atoms with Crippen LogP contribution in [0, 0.1) is 0 Å². The maximum atomic E-state index is 2.59. The fourth-order valence-electron chi connectivity index (χ4n) is 8.96. The van der Waals surface area contributed by atoms with E-state index in [0.717, 1.165) is 0 Å². The normalized spacial score (nSPS) is 12.5. The largest absolute Gasteiger partial charge is 0.307 e. The Morgan fingerprint density at radius 2 is 0.918 bits per heavy atom. The maximum absolute atomic E-state index is 2.59. The van der Waals surface area contributed by atoms with Crippen LogP contribution in [-0.4, -0.2) is 9.13 Å². The molecule has 1 aliphatic carbocycles. The predicted octanol–water partition coefficient (Wildman–Crippen LogP) is 13.0. The molecule has 3 aromatic heterocycles. The fourth-order valence-corrected chi connectivity index (χ4v) is 10.2. The molecule has 0 atom stereocenters. The number of rotatable bonds is 2. The Labute approximate surface area is 285 Å². The Kier molecular flexibility index (Phi) is 4.89. The third-order valence-electron chi connectivity index (χ3n) is 10.8. The molecule has 0 N–H and O–H groups in total. The summed E-state index contributed by atoms with van der Waals surface area (Å²) in [7, 11) is 0. The number of benzene rings is 8. The van der Waals surface area contributed by atoms with Gasteiger partial charge in [-0.2, -0.15) is 0 Å². The van der Waals surface area contributed by atoms with Crippen molar-refractivity contribution in [1.82, 2.24) is 9.13 Å². The second-order valence-electron chi connectivity index (χ2n) is 13.2. The van der Waals surface area contributed by atoms with Crippen LogP contribution < -0.4 is 0 Å². The third kappa shape index (κ3) is 3.17. The second-order valence-corrected chi connectivity index (χ2v) is 14.2. The number of nitrogens with zero attached hydrogens (tertiary/aromatic N) is 2. The van der Waals surface area contributed by atoms with Crippen LogP contribution in [0.2, 0.25) is 0 Å². The van der Waals surface area contributed by atoms with Crippen molar-refractivity contribution in [3.8, 4) is 33.6 Å². The summed E-state index contributed by atoms with van der Waals surface area (Å²) in [6.45, 7) is 0. The summed E-state index contributed by atoms with van der Waals surface area (Å²) < 4.78 is 7.78. The minimum Gasteiger partial charge on any atom is -0.307 e. The molecule has 0 radical (unpaired) electrons. The first-order valence-electron chi connectivity index (χ1n) is 16.9. The molecular formula is C46H26N2S. The van der Waals surface area contributed by atoms with Gasteiger partial charge in [-0.05, 0) is 64.0 Å². The van der Waals surface area contributed by atoms with Gasteiger partial charge in [0.1, 0.15) is 0 Å². The number of hydrogen-bond donors (Lipinski definition) is 0. The molecule has 0 amide bonds. The van der Waals surface area contributed by atoms with Crippen LogP contribution in [0.1, 0.15) is 0 Å². The minimum atomic E-state index is 1.17. The molecule has 2 nitrogen and oxygen atoms in total. The highest BCUT2D eigenvalue weighted by molar-refractivity contribution is 7.27. The zero-order valence-electron chi connectivity index (χ0n) is 26.3. The lowest BCUT2D eigenvalue weighted by molar-refractivity contribution is 1.16. The first kappa shape index (κ1) is 25.9. The zero-order chi connectivity index (χ0) is 31.8. The van der Waals surface area contributed by atoms with E-state index in [1.54, 1.807) is 0 Å². The summed E-state index contributed by atoms with van der Waals surface area (Å²) >= 11 is 1.93. The first-order chi connectivity index (χ1) is 24.4. The van der Waals surface area contributed by atoms with Crippen LogP contribution in [0.3, 0.4) is 0 Å². The van der Waals surface area contributed by atoms with Gasteiger partial charge < -0.3 is 9.13 Å². The average Bonchev–Trinajstić information content (AvgIpc) is 3.90. The van der Waals surface area contributed by atoms with Crippen LogP contribution in [0.5, 0.6) is 0 Å². The van der Waals surface area contributed by atoms with E-state index in [0.29, 0.717) is 0 Å². The van der Waals surface area contributed by atoms with Crippen molar-refractivity contribution >= 4 is 85.9 Å². The van der Waals surface area contributed by atoms with Gasteiger partial charge in [-0.15, -0.1) is 11.3 Å². The van der Waals surface area contributed by atoms with Gasteiger partial charge in [0.15, 0.2) is 0 Å². The van der Waals surface area contributed by atoms with E-state index >= 15 is 0 Å². The van der Waals surface area contributed by atoms with Gasteiger partial charge in [0.2, 0.25) is 0 Å². The third-order valence-corrected chi connectivity index (χ3v) is 12.0. The number of aromatic nitrogens is 2. The lowest BCUT2D eigenvalue weighted by atomic mass is 10.0. The van der Waals surface area contributed by atoms with Gasteiger partial charge in [-0.3, -0.25) is 0 Å². The second kappa shape index (κ2) is 9.25. The van der Waals surface area contributed by atoms with Crippen LogP contribution in [-0.2, 0) is 0 Å². The van der Waals surface area contributed by atoms with E-state index < -0.39 is 0 Å². The van der Waals surface area contributed by atoms with E-state index in [-0.39, 0.29) is 0 Å². The Morgan fingerprint density at radius 1 is 0.347 bits per heavy atom. The van der Waals surface area contributed by atoms with Crippen molar-refractivity contribution in [2.45, 2.75) is 0 Å². The molecule has 0 aliphatic heterocycles. The standard InChI is InChI=1S/C46H26N2S/c1-2-13-27(14-3-1)47-36-22-9-7-18-34(36)43-45(47)44-41(42-35-19-8-11-24-39(35)49-46(42)43)33-17-6-10-23-37(33)48(44)38-26-25-31-29-16-5-4-15-28(29)30-20-12-21-32(38)40(30)31/h1-26H. The monoisotopic (exact) mass is 638 g/mol. The van der Waals surface area contributed by atoms with E-state index in [1.807, 2.05) is 11.3 Å². The molecule has 49 heavy (non-hydrogen) atoms. The minimum absolute atomic E-state index is 1.17. The van der Waals surface area contributed by atoms with Crippen molar-refractivity contribution in [1.29, 1.82) is 0 Å². The molecule has 3 heterocycles. The number of thiophene rings is 1. The van der Waals surface area contributed by atoms with Crippen molar-refractivity contribution in [2.24, 2.45) is 0 Å². The van der Waals surface area contributed by atoms with Crippen LogP contribution in [0.4, 0.5) is 0 Å².